The van der Waals surface area contributed by atoms with E-state index >= 15 is 0 Å². The molecule has 2 heterocycles. The van der Waals surface area contributed by atoms with Gasteiger partial charge in [-0.3, -0.25) is 9.59 Å². The van der Waals surface area contributed by atoms with Crippen LogP contribution in [0.3, 0.4) is 0 Å². The smallest absolute Gasteiger partial charge is 0.225 e. The molecular formula is C23H24N2O3. The number of benzene rings is 2. The summed E-state index contributed by atoms with van der Waals surface area (Å²) in [7, 11) is 0. The molecule has 2 N–H and O–H groups in total. The normalized spacial score (nSPS) is 14.5. The van der Waals surface area contributed by atoms with Crippen LogP contribution in [0.15, 0.2) is 41.0 Å². The van der Waals surface area contributed by atoms with Gasteiger partial charge in [0.25, 0.3) is 0 Å². The van der Waals surface area contributed by atoms with Gasteiger partial charge in [-0.2, -0.15) is 0 Å². The number of anilines is 1. The van der Waals surface area contributed by atoms with E-state index in [1.165, 1.54) is 5.56 Å². The lowest BCUT2D eigenvalue weighted by atomic mass is 9.97. The quantitative estimate of drug-likeness (QED) is 0.711. The minimum atomic E-state index is -0.113. The van der Waals surface area contributed by atoms with Crippen molar-refractivity contribution in [2.45, 2.75) is 46.1 Å². The third-order valence-corrected chi connectivity index (χ3v) is 5.60. The molecule has 0 aliphatic carbocycles. The lowest BCUT2D eigenvalue weighted by Crippen LogP contribution is -2.28. The average molecular weight is 376 g/mol. The number of nitrogens with one attached hydrogen (secondary N) is 2. The van der Waals surface area contributed by atoms with Crippen molar-refractivity contribution in [3.63, 3.8) is 0 Å². The fourth-order valence-electron chi connectivity index (χ4n) is 3.75. The van der Waals surface area contributed by atoms with Gasteiger partial charge in [-0.1, -0.05) is 24.3 Å². The minimum Gasteiger partial charge on any atom is -0.464 e. The maximum Gasteiger partial charge on any atom is 0.225 e. The van der Waals surface area contributed by atoms with Crippen molar-refractivity contribution in [3.05, 3.63) is 64.4 Å². The topological polar surface area (TPSA) is 71.3 Å². The van der Waals surface area contributed by atoms with Crippen molar-refractivity contribution in [1.29, 1.82) is 0 Å². The molecule has 144 valence electrons. The Kier molecular flexibility index (Phi) is 4.67. The predicted octanol–water partition coefficient (Wildman–Crippen LogP) is 4.35. The summed E-state index contributed by atoms with van der Waals surface area (Å²) in [4.78, 5) is 24.1. The summed E-state index contributed by atoms with van der Waals surface area (Å²) in [5, 5.41) is 6.95. The van der Waals surface area contributed by atoms with Gasteiger partial charge in [0.05, 0.1) is 18.7 Å². The summed E-state index contributed by atoms with van der Waals surface area (Å²) >= 11 is 0. The second-order valence-electron chi connectivity index (χ2n) is 7.58. The van der Waals surface area contributed by atoms with Crippen LogP contribution < -0.4 is 10.6 Å². The van der Waals surface area contributed by atoms with E-state index in [2.05, 4.69) is 29.7 Å². The van der Waals surface area contributed by atoms with E-state index in [4.69, 9.17) is 4.42 Å². The number of hydrogen-bond donors (Lipinski definition) is 2. The fourth-order valence-corrected chi connectivity index (χ4v) is 3.75. The standard InChI is InChI=1S/C23H24N2O3/c1-13-4-7-19-18(12-28-23(19)14(13)2)11-22(27)24-15(3)16-5-8-20-17(10-16)6-9-21(26)25-20/h4-5,7-8,10,12,15H,6,9,11H2,1-3H3,(H,24,27)(H,25,26). The van der Waals surface area contributed by atoms with E-state index in [1.54, 1.807) is 6.26 Å². The van der Waals surface area contributed by atoms with Gasteiger partial charge < -0.3 is 15.1 Å². The van der Waals surface area contributed by atoms with Crippen LogP contribution in [0.25, 0.3) is 11.0 Å². The Balaban J connectivity index is 1.47. The highest BCUT2D eigenvalue weighted by Crippen LogP contribution is 2.28. The third-order valence-electron chi connectivity index (χ3n) is 5.60. The van der Waals surface area contributed by atoms with Crippen LogP contribution >= 0.6 is 0 Å². The predicted molar refractivity (Wildman–Crippen MR) is 109 cm³/mol. The van der Waals surface area contributed by atoms with Gasteiger partial charge >= 0.3 is 0 Å². The first-order chi connectivity index (χ1) is 13.4. The lowest BCUT2D eigenvalue weighted by molar-refractivity contribution is -0.121. The van der Waals surface area contributed by atoms with Crippen LogP contribution in [0.2, 0.25) is 0 Å². The van der Waals surface area contributed by atoms with Crippen molar-refractivity contribution in [3.8, 4) is 0 Å². The second kappa shape index (κ2) is 7.15. The van der Waals surface area contributed by atoms with E-state index < -0.39 is 0 Å². The molecule has 0 bridgehead atoms. The summed E-state index contributed by atoms with van der Waals surface area (Å²) in [6.07, 6.45) is 3.20. The molecule has 1 aliphatic heterocycles. The van der Waals surface area contributed by atoms with Crippen LogP contribution in [-0.4, -0.2) is 11.8 Å². The molecule has 0 saturated heterocycles. The summed E-state index contributed by atoms with van der Waals surface area (Å²) in [5.74, 6) is 0.0128. The Bertz CT molecular complexity index is 1080. The van der Waals surface area contributed by atoms with Crippen molar-refractivity contribution in [2.24, 2.45) is 0 Å². The van der Waals surface area contributed by atoms with E-state index in [0.29, 0.717) is 6.42 Å². The molecule has 3 aromatic rings. The highest BCUT2D eigenvalue weighted by molar-refractivity contribution is 5.94. The molecule has 0 spiro atoms. The van der Waals surface area contributed by atoms with Gasteiger partial charge in [-0.15, -0.1) is 0 Å². The van der Waals surface area contributed by atoms with Crippen molar-refractivity contribution >= 4 is 28.5 Å². The number of amides is 2. The van der Waals surface area contributed by atoms with Crippen LogP contribution in [0.1, 0.15) is 47.2 Å². The summed E-state index contributed by atoms with van der Waals surface area (Å²) in [6, 6.07) is 9.90. The molecule has 4 rings (SSSR count). The number of fused-ring (bicyclic) bond motifs is 2. The van der Waals surface area contributed by atoms with Crippen LogP contribution in [-0.2, 0) is 22.4 Å². The van der Waals surface area contributed by atoms with Crippen LogP contribution in [0.5, 0.6) is 0 Å². The highest BCUT2D eigenvalue weighted by Gasteiger charge is 2.18. The Morgan fingerprint density at radius 1 is 1.21 bits per heavy atom. The minimum absolute atomic E-state index is 0.0422. The number of aryl methyl sites for hydroxylation is 3. The second-order valence-corrected chi connectivity index (χ2v) is 7.58. The zero-order valence-electron chi connectivity index (χ0n) is 16.4. The molecule has 0 radical (unpaired) electrons. The monoisotopic (exact) mass is 376 g/mol. The van der Waals surface area contributed by atoms with Crippen LogP contribution in [0, 0.1) is 13.8 Å². The van der Waals surface area contributed by atoms with Gasteiger partial charge in [0.1, 0.15) is 5.58 Å². The first-order valence-electron chi connectivity index (χ1n) is 9.60. The molecule has 1 atom stereocenters. The van der Waals surface area contributed by atoms with Crippen molar-refractivity contribution < 1.29 is 14.0 Å². The largest absolute Gasteiger partial charge is 0.464 e. The molecular weight excluding hydrogens is 352 g/mol. The molecule has 1 aromatic heterocycles. The Hall–Kier alpha value is -3.08. The molecule has 5 heteroatoms. The Morgan fingerprint density at radius 3 is 2.86 bits per heavy atom. The van der Waals surface area contributed by atoms with Crippen molar-refractivity contribution in [2.75, 3.05) is 5.32 Å². The number of carbonyl (C=O) groups excluding carboxylic acids is 2. The van der Waals surface area contributed by atoms with Gasteiger partial charge in [-0.05, 0) is 55.5 Å². The van der Waals surface area contributed by atoms with E-state index in [0.717, 1.165) is 45.3 Å². The Labute approximate surface area is 164 Å². The maximum absolute atomic E-state index is 12.6. The first-order valence-corrected chi connectivity index (χ1v) is 9.60. The molecule has 2 aromatic carbocycles. The Morgan fingerprint density at radius 2 is 2.04 bits per heavy atom. The van der Waals surface area contributed by atoms with Gasteiger partial charge in [0.15, 0.2) is 0 Å². The number of carbonyl (C=O) groups is 2. The molecule has 0 saturated carbocycles. The SMILES string of the molecule is Cc1ccc2c(CC(=O)NC(C)c3ccc4c(c3)CCC(=O)N4)coc2c1C. The summed E-state index contributed by atoms with van der Waals surface area (Å²) < 4.78 is 5.71. The number of rotatable bonds is 4. The summed E-state index contributed by atoms with van der Waals surface area (Å²) in [6.45, 7) is 6.06. The molecule has 28 heavy (non-hydrogen) atoms. The highest BCUT2D eigenvalue weighted by atomic mass is 16.3. The van der Waals surface area contributed by atoms with Gasteiger partial charge in [-0.25, -0.2) is 0 Å². The van der Waals surface area contributed by atoms with Crippen molar-refractivity contribution in [1.82, 2.24) is 5.32 Å². The number of hydrogen-bond acceptors (Lipinski definition) is 3. The summed E-state index contributed by atoms with van der Waals surface area (Å²) in [5.41, 5.74) is 7.06. The van der Waals surface area contributed by atoms with Gasteiger partial charge in [0, 0.05) is 23.1 Å². The third kappa shape index (κ3) is 3.40. The zero-order chi connectivity index (χ0) is 19.8. The molecule has 1 unspecified atom stereocenters. The zero-order valence-corrected chi connectivity index (χ0v) is 16.4. The van der Waals surface area contributed by atoms with E-state index in [1.807, 2.05) is 32.0 Å². The van der Waals surface area contributed by atoms with Gasteiger partial charge in [0.2, 0.25) is 11.8 Å². The van der Waals surface area contributed by atoms with E-state index in [-0.39, 0.29) is 24.3 Å². The molecule has 1 aliphatic rings. The van der Waals surface area contributed by atoms with Crippen LogP contribution in [0.4, 0.5) is 5.69 Å². The molecule has 0 fully saturated rings. The fraction of sp³-hybridized carbons (Fsp3) is 0.304. The molecule has 2 amide bonds. The average Bonchev–Trinajstić information content (AvgIpc) is 3.07. The molecule has 5 nitrogen and oxygen atoms in total. The number of furan rings is 1. The lowest BCUT2D eigenvalue weighted by Gasteiger charge is -2.20. The van der Waals surface area contributed by atoms with E-state index in [9.17, 15) is 9.59 Å². The maximum atomic E-state index is 12.6. The first kappa shape index (κ1) is 18.3.